The van der Waals surface area contributed by atoms with E-state index in [4.69, 9.17) is 0 Å². The van der Waals surface area contributed by atoms with E-state index in [1.807, 2.05) is 19.3 Å². The van der Waals surface area contributed by atoms with E-state index in [0.29, 0.717) is 5.92 Å². The van der Waals surface area contributed by atoms with Crippen LogP contribution in [0.2, 0.25) is 0 Å². The zero-order valence-corrected chi connectivity index (χ0v) is 11.2. The average molecular weight is 250 g/mol. The van der Waals surface area contributed by atoms with Gasteiger partial charge in [0, 0.05) is 19.2 Å². The standard InChI is InChI=1S/C14H22N2O2/c1-3-4-10-5-6-11(14(17)18)12(9-10)13-7-8-16(2)15-13/h7-8,10-12H,3-6,9H2,1-2H3,(H,17,18). The largest absolute Gasteiger partial charge is 0.481 e. The highest BCUT2D eigenvalue weighted by Crippen LogP contribution is 2.41. The van der Waals surface area contributed by atoms with Crippen LogP contribution in [0.4, 0.5) is 0 Å². The fraction of sp³-hybridized carbons (Fsp3) is 0.714. The fourth-order valence-electron chi connectivity index (χ4n) is 3.18. The first-order chi connectivity index (χ1) is 8.61. The van der Waals surface area contributed by atoms with Crippen molar-refractivity contribution in [2.45, 2.75) is 44.9 Å². The second-order valence-corrected chi connectivity index (χ2v) is 5.43. The highest BCUT2D eigenvalue weighted by atomic mass is 16.4. The van der Waals surface area contributed by atoms with Crippen molar-refractivity contribution in [2.24, 2.45) is 18.9 Å². The Hall–Kier alpha value is -1.32. The first kappa shape index (κ1) is 13.1. The first-order valence-electron chi connectivity index (χ1n) is 6.84. The van der Waals surface area contributed by atoms with Crippen molar-refractivity contribution in [2.75, 3.05) is 0 Å². The van der Waals surface area contributed by atoms with Crippen LogP contribution in [-0.2, 0) is 11.8 Å². The van der Waals surface area contributed by atoms with E-state index in [2.05, 4.69) is 12.0 Å². The van der Waals surface area contributed by atoms with Crippen LogP contribution < -0.4 is 0 Å². The summed E-state index contributed by atoms with van der Waals surface area (Å²) in [7, 11) is 1.88. The molecule has 3 atom stereocenters. The predicted octanol–water partition coefficient (Wildman–Crippen LogP) is 2.80. The van der Waals surface area contributed by atoms with E-state index < -0.39 is 5.97 Å². The maximum absolute atomic E-state index is 11.4. The molecule has 4 nitrogen and oxygen atoms in total. The van der Waals surface area contributed by atoms with Gasteiger partial charge in [-0.15, -0.1) is 0 Å². The van der Waals surface area contributed by atoms with Crippen LogP contribution in [-0.4, -0.2) is 20.9 Å². The molecule has 1 aromatic heterocycles. The van der Waals surface area contributed by atoms with Gasteiger partial charge in [0.15, 0.2) is 0 Å². The molecule has 1 saturated carbocycles. The van der Waals surface area contributed by atoms with E-state index >= 15 is 0 Å². The van der Waals surface area contributed by atoms with E-state index in [0.717, 1.165) is 25.0 Å². The molecule has 1 fully saturated rings. The molecule has 1 aromatic rings. The van der Waals surface area contributed by atoms with Crippen molar-refractivity contribution < 1.29 is 9.90 Å². The van der Waals surface area contributed by atoms with Gasteiger partial charge in [-0.2, -0.15) is 5.10 Å². The zero-order valence-electron chi connectivity index (χ0n) is 11.2. The number of carbonyl (C=O) groups is 1. The van der Waals surface area contributed by atoms with Crippen molar-refractivity contribution in [1.29, 1.82) is 0 Å². The number of rotatable bonds is 4. The number of aromatic nitrogens is 2. The third kappa shape index (κ3) is 2.74. The molecular weight excluding hydrogens is 228 g/mol. The van der Waals surface area contributed by atoms with Gasteiger partial charge in [0.05, 0.1) is 11.6 Å². The number of carboxylic acids is 1. The number of aryl methyl sites for hydroxylation is 1. The molecule has 0 aliphatic heterocycles. The molecule has 3 unspecified atom stereocenters. The Morgan fingerprint density at radius 1 is 1.56 bits per heavy atom. The summed E-state index contributed by atoms with van der Waals surface area (Å²) in [4.78, 5) is 11.4. The summed E-state index contributed by atoms with van der Waals surface area (Å²) in [6.07, 6.45) is 7.10. The van der Waals surface area contributed by atoms with Gasteiger partial charge in [-0.05, 0) is 31.2 Å². The summed E-state index contributed by atoms with van der Waals surface area (Å²) < 4.78 is 1.76. The molecule has 1 aliphatic carbocycles. The fourth-order valence-corrected chi connectivity index (χ4v) is 3.18. The monoisotopic (exact) mass is 250 g/mol. The Bertz CT molecular complexity index is 414. The lowest BCUT2D eigenvalue weighted by Crippen LogP contribution is -2.29. The highest BCUT2D eigenvalue weighted by molar-refractivity contribution is 5.71. The molecule has 1 heterocycles. The van der Waals surface area contributed by atoms with E-state index in [9.17, 15) is 9.90 Å². The number of carboxylic acid groups (broad SMARTS) is 1. The van der Waals surface area contributed by atoms with Crippen molar-refractivity contribution in [3.63, 3.8) is 0 Å². The van der Waals surface area contributed by atoms with E-state index in [1.165, 1.54) is 12.8 Å². The van der Waals surface area contributed by atoms with E-state index in [-0.39, 0.29) is 11.8 Å². The minimum atomic E-state index is -0.666. The lowest BCUT2D eigenvalue weighted by molar-refractivity contribution is -0.144. The molecule has 0 radical (unpaired) electrons. The topological polar surface area (TPSA) is 55.1 Å². The van der Waals surface area contributed by atoms with Gasteiger partial charge in [-0.25, -0.2) is 0 Å². The summed E-state index contributed by atoms with van der Waals surface area (Å²) in [5.74, 6) is -0.166. The van der Waals surface area contributed by atoms with Crippen molar-refractivity contribution in [3.05, 3.63) is 18.0 Å². The maximum atomic E-state index is 11.4. The van der Waals surface area contributed by atoms with Gasteiger partial charge in [-0.1, -0.05) is 19.8 Å². The third-order valence-corrected chi connectivity index (χ3v) is 4.09. The molecule has 0 bridgehead atoms. The van der Waals surface area contributed by atoms with Crippen molar-refractivity contribution in [1.82, 2.24) is 9.78 Å². The molecule has 2 rings (SSSR count). The molecule has 0 aromatic carbocycles. The van der Waals surface area contributed by atoms with Gasteiger partial charge in [-0.3, -0.25) is 9.48 Å². The number of hydrogen-bond acceptors (Lipinski definition) is 2. The Morgan fingerprint density at radius 3 is 2.89 bits per heavy atom. The second kappa shape index (κ2) is 5.55. The normalized spacial score (nSPS) is 28.2. The summed E-state index contributed by atoms with van der Waals surface area (Å²) >= 11 is 0. The van der Waals surface area contributed by atoms with Crippen LogP contribution in [0.25, 0.3) is 0 Å². The minimum Gasteiger partial charge on any atom is -0.481 e. The highest BCUT2D eigenvalue weighted by Gasteiger charge is 2.36. The minimum absolute atomic E-state index is 0.0917. The summed E-state index contributed by atoms with van der Waals surface area (Å²) in [6.45, 7) is 2.19. The van der Waals surface area contributed by atoms with Crippen LogP contribution in [0.15, 0.2) is 12.3 Å². The first-order valence-corrected chi connectivity index (χ1v) is 6.84. The van der Waals surface area contributed by atoms with E-state index in [1.54, 1.807) is 4.68 Å². The third-order valence-electron chi connectivity index (χ3n) is 4.09. The Labute approximate surface area is 108 Å². The van der Waals surface area contributed by atoms with Gasteiger partial charge in [0.25, 0.3) is 0 Å². The van der Waals surface area contributed by atoms with Crippen LogP contribution in [0.3, 0.4) is 0 Å². The second-order valence-electron chi connectivity index (χ2n) is 5.43. The summed E-state index contributed by atoms with van der Waals surface area (Å²) in [6, 6.07) is 1.97. The molecular formula is C14H22N2O2. The maximum Gasteiger partial charge on any atom is 0.307 e. The zero-order chi connectivity index (χ0) is 13.1. The quantitative estimate of drug-likeness (QED) is 0.894. The summed E-state index contributed by atoms with van der Waals surface area (Å²) in [5.41, 5.74) is 0.950. The summed E-state index contributed by atoms with van der Waals surface area (Å²) in [5, 5.41) is 13.8. The molecule has 0 saturated heterocycles. The van der Waals surface area contributed by atoms with Crippen LogP contribution in [0.5, 0.6) is 0 Å². The van der Waals surface area contributed by atoms with Crippen LogP contribution in [0.1, 0.15) is 50.6 Å². The molecule has 0 spiro atoms. The van der Waals surface area contributed by atoms with Gasteiger partial charge in [0.2, 0.25) is 0 Å². The smallest absolute Gasteiger partial charge is 0.307 e. The Kier molecular flexibility index (Phi) is 4.04. The average Bonchev–Trinajstić information content (AvgIpc) is 2.76. The van der Waals surface area contributed by atoms with Gasteiger partial charge in [0.1, 0.15) is 0 Å². The molecule has 4 heteroatoms. The van der Waals surface area contributed by atoms with Crippen LogP contribution >= 0.6 is 0 Å². The Morgan fingerprint density at radius 2 is 2.33 bits per heavy atom. The number of hydrogen-bond donors (Lipinski definition) is 1. The lowest BCUT2D eigenvalue weighted by Gasteiger charge is -2.33. The molecule has 1 N–H and O–H groups in total. The van der Waals surface area contributed by atoms with Crippen LogP contribution in [0, 0.1) is 11.8 Å². The SMILES string of the molecule is CCCC1CCC(C(=O)O)C(c2ccn(C)n2)C1. The Balaban J connectivity index is 2.17. The molecule has 100 valence electrons. The molecule has 1 aliphatic rings. The van der Waals surface area contributed by atoms with Gasteiger partial charge >= 0.3 is 5.97 Å². The molecule has 0 amide bonds. The number of nitrogens with zero attached hydrogens (tertiary/aromatic N) is 2. The van der Waals surface area contributed by atoms with Gasteiger partial charge < -0.3 is 5.11 Å². The van der Waals surface area contributed by atoms with Crippen molar-refractivity contribution in [3.8, 4) is 0 Å². The number of aliphatic carboxylic acids is 1. The van der Waals surface area contributed by atoms with Crippen molar-refractivity contribution >= 4 is 5.97 Å². The molecule has 18 heavy (non-hydrogen) atoms. The predicted molar refractivity (Wildman–Crippen MR) is 69.3 cm³/mol. The lowest BCUT2D eigenvalue weighted by atomic mass is 9.71.